The molecule has 0 bridgehead atoms. The van der Waals surface area contributed by atoms with Crippen molar-refractivity contribution in [3.05, 3.63) is 93.5 Å². The zero-order chi connectivity index (χ0) is 43.5. The SMILES string of the molecule is Cc1cc(C#C[Si](C)(C)C)c2ccc(Cc3cc(C#C[Si](C(C)C)(C(C)C)C(C)C)c4ccccc4c3C#C[Si](C(C)C)(C(C)C)C(C)C)cc2c1C#C[Si](C)(C)C. The van der Waals surface area contributed by atoms with Gasteiger partial charge in [0.25, 0.3) is 0 Å². The van der Waals surface area contributed by atoms with E-state index in [1.165, 1.54) is 43.8 Å². The largest absolute Gasteiger partial charge is 0.146 e. The Morgan fingerprint density at radius 3 is 1.34 bits per heavy atom. The molecule has 0 amide bonds. The Bertz CT molecular complexity index is 2350. The van der Waals surface area contributed by atoms with Gasteiger partial charge in [-0.05, 0) is 103 Å². The molecule has 0 N–H and O–H groups in total. The molecule has 0 radical (unpaired) electrons. The van der Waals surface area contributed by atoms with Gasteiger partial charge >= 0.3 is 0 Å². The summed E-state index contributed by atoms with van der Waals surface area (Å²) in [5.74, 6) is 15.2. The van der Waals surface area contributed by atoms with E-state index in [0.717, 1.165) is 23.1 Å². The van der Waals surface area contributed by atoms with E-state index in [-0.39, 0.29) is 0 Å². The lowest BCUT2D eigenvalue weighted by atomic mass is 9.89. The van der Waals surface area contributed by atoms with Gasteiger partial charge in [-0.2, -0.15) is 0 Å². The second-order valence-corrected chi connectivity index (χ2v) is 41.6. The van der Waals surface area contributed by atoms with Crippen LogP contribution in [0.3, 0.4) is 0 Å². The molecule has 4 aromatic carbocycles. The first-order valence-electron chi connectivity index (χ1n) is 22.1. The summed E-state index contributed by atoms with van der Waals surface area (Å²) in [5.41, 5.74) is 27.2. The molecular formula is C54H74Si4. The third-order valence-corrected chi connectivity index (χ3v) is 26.9. The van der Waals surface area contributed by atoms with E-state index in [2.05, 4.69) is 230 Å². The molecule has 306 valence electrons. The lowest BCUT2D eigenvalue weighted by molar-refractivity contribution is 0.838. The van der Waals surface area contributed by atoms with Gasteiger partial charge in [0.2, 0.25) is 0 Å². The molecule has 4 heteroatoms. The number of hydrogen-bond acceptors (Lipinski definition) is 0. The van der Waals surface area contributed by atoms with Crippen LogP contribution in [-0.4, -0.2) is 32.3 Å². The fourth-order valence-corrected chi connectivity index (χ4v) is 21.2. The van der Waals surface area contributed by atoms with Crippen molar-refractivity contribution >= 4 is 53.8 Å². The number of fused-ring (bicyclic) bond motifs is 2. The van der Waals surface area contributed by atoms with Crippen molar-refractivity contribution in [3.63, 3.8) is 0 Å². The smallest absolute Gasteiger partial charge is 0.127 e. The summed E-state index contributed by atoms with van der Waals surface area (Å²) in [7, 11) is -7.18. The highest BCUT2D eigenvalue weighted by atomic mass is 28.3. The zero-order valence-electron chi connectivity index (χ0n) is 39.9. The van der Waals surface area contributed by atoms with Crippen molar-refractivity contribution in [2.75, 3.05) is 0 Å². The second kappa shape index (κ2) is 18.4. The Kier molecular flexibility index (Phi) is 15.0. The Hall–Kier alpha value is -3.49. The van der Waals surface area contributed by atoms with Crippen molar-refractivity contribution < 1.29 is 0 Å². The van der Waals surface area contributed by atoms with Crippen LogP contribution >= 0.6 is 0 Å². The molecule has 58 heavy (non-hydrogen) atoms. The quantitative estimate of drug-likeness (QED) is 0.123. The van der Waals surface area contributed by atoms with Gasteiger partial charge in [0, 0.05) is 22.3 Å². The van der Waals surface area contributed by atoms with Crippen LogP contribution in [0, 0.1) is 52.8 Å². The van der Waals surface area contributed by atoms with Crippen LogP contribution in [-0.2, 0) is 6.42 Å². The van der Waals surface area contributed by atoms with Crippen LogP contribution in [0.15, 0.2) is 54.6 Å². The molecule has 0 aromatic heterocycles. The molecule has 4 rings (SSSR count). The van der Waals surface area contributed by atoms with Crippen LogP contribution in [0.1, 0.15) is 122 Å². The van der Waals surface area contributed by atoms with Crippen molar-refractivity contribution in [2.24, 2.45) is 0 Å². The third-order valence-electron chi connectivity index (χ3n) is 12.6. The van der Waals surface area contributed by atoms with Crippen LogP contribution < -0.4 is 0 Å². The standard InChI is InChI=1S/C54H74Si4/c1-38(2)57(39(3)4,40(5)6)32-27-47-37-48(52(53-23-21-20-22-50(47)53)29-33-58(41(7)8,42(9)10)43(11)12)35-45-24-25-51-46(26-30-55(14,15)16)34-44(13)49(54(51)36-45)28-31-56(17,18)19/h20-25,34,36-43H,35H2,1-19H3. The van der Waals surface area contributed by atoms with Crippen molar-refractivity contribution in [2.45, 2.75) is 169 Å². The molecule has 0 unspecified atom stereocenters. The van der Waals surface area contributed by atoms with Crippen molar-refractivity contribution in [1.29, 1.82) is 0 Å². The highest BCUT2D eigenvalue weighted by Crippen LogP contribution is 2.42. The number of rotatable bonds is 8. The summed E-state index contributed by atoms with van der Waals surface area (Å²) < 4.78 is 0. The molecule has 4 aromatic rings. The first-order chi connectivity index (χ1) is 26.9. The molecule has 0 aliphatic rings. The van der Waals surface area contributed by atoms with Gasteiger partial charge in [-0.1, -0.05) is 182 Å². The Morgan fingerprint density at radius 1 is 0.431 bits per heavy atom. The molecule has 0 spiro atoms. The van der Waals surface area contributed by atoms with Crippen LogP contribution in [0.4, 0.5) is 0 Å². The molecule has 0 aliphatic carbocycles. The van der Waals surface area contributed by atoms with Crippen LogP contribution in [0.5, 0.6) is 0 Å². The highest BCUT2D eigenvalue weighted by molar-refractivity contribution is 6.91. The predicted molar refractivity (Wildman–Crippen MR) is 272 cm³/mol. The average molecular weight is 836 g/mol. The molecule has 0 nitrogen and oxygen atoms in total. The van der Waals surface area contributed by atoms with Crippen LogP contribution in [0.2, 0.25) is 72.5 Å². The summed E-state index contributed by atoms with van der Waals surface area (Å²) in [6, 6.07) is 20.7. The monoisotopic (exact) mass is 834 g/mol. The van der Waals surface area contributed by atoms with Gasteiger partial charge in [-0.25, -0.2) is 0 Å². The maximum atomic E-state index is 4.13. The van der Waals surface area contributed by atoms with E-state index in [1.807, 2.05) is 0 Å². The first-order valence-corrected chi connectivity index (χ1v) is 33.6. The minimum absolute atomic E-state index is 0.554. The summed E-state index contributed by atoms with van der Waals surface area (Å²) in [6.07, 6.45) is 0.769. The number of hydrogen-bond donors (Lipinski definition) is 0. The molecule has 0 saturated heterocycles. The minimum Gasteiger partial charge on any atom is -0.127 e. The van der Waals surface area contributed by atoms with Crippen molar-refractivity contribution in [1.82, 2.24) is 0 Å². The average Bonchev–Trinajstić information content (AvgIpc) is 3.09. The van der Waals surface area contributed by atoms with Crippen LogP contribution in [0.25, 0.3) is 21.5 Å². The van der Waals surface area contributed by atoms with E-state index in [0.29, 0.717) is 33.2 Å². The Balaban J connectivity index is 2.15. The molecule has 0 heterocycles. The fourth-order valence-electron chi connectivity index (χ4n) is 9.75. The van der Waals surface area contributed by atoms with Crippen molar-refractivity contribution in [3.8, 4) is 45.9 Å². The fraction of sp³-hybridized carbons (Fsp3) is 0.481. The first kappa shape index (κ1) is 47.2. The molecular weight excluding hydrogens is 761 g/mol. The maximum absolute atomic E-state index is 4.13. The maximum Gasteiger partial charge on any atom is 0.146 e. The number of aryl methyl sites for hydroxylation is 1. The van der Waals surface area contributed by atoms with E-state index >= 15 is 0 Å². The third kappa shape index (κ3) is 10.3. The summed E-state index contributed by atoms with van der Waals surface area (Å²) >= 11 is 0. The summed E-state index contributed by atoms with van der Waals surface area (Å²) in [4.78, 5) is 0. The Labute approximate surface area is 360 Å². The predicted octanol–water partition coefficient (Wildman–Crippen LogP) is 15.5. The molecule has 0 fully saturated rings. The van der Waals surface area contributed by atoms with Gasteiger partial charge in [0.1, 0.15) is 32.3 Å². The molecule has 0 aliphatic heterocycles. The minimum atomic E-state index is -2.01. The van der Waals surface area contributed by atoms with E-state index in [4.69, 9.17) is 0 Å². The zero-order valence-corrected chi connectivity index (χ0v) is 43.9. The number of benzene rings is 4. The van der Waals surface area contributed by atoms with E-state index in [1.54, 1.807) is 0 Å². The summed E-state index contributed by atoms with van der Waals surface area (Å²) in [6.45, 7) is 45.0. The second-order valence-electron chi connectivity index (χ2n) is 21.0. The topological polar surface area (TPSA) is 0 Å². The van der Waals surface area contributed by atoms with Gasteiger partial charge in [-0.3, -0.25) is 0 Å². The lowest BCUT2D eigenvalue weighted by Crippen LogP contribution is -2.43. The normalized spacial score (nSPS) is 12.5. The Morgan fingerprint density at radius 2 is 0.845 bits per heavy atom. The lowest BCUT2D eigenvalue weighted by Gasteiger charge is -2.38. The molecule has 0 saturated carbocycles. The van der Waals surface area contributed by atoms with Gasteiger partial charge in [-0.15, -0.1) is 22.2 Å². The molecule has 0 atom stereocenters. The van der Waals surface area contributed by atoms with Gasteiger partial charge < -0.3 is 0 Å². The van der Waals surface area contributed by atoms with Gasteiger partial charge in [0.15, 0.2) is 0 Å². The highest BCUT2D eigenvalue weighted by Gasteiger charge is 2.43. The van der Waals surface area contributed by atoms with Gasteiger partial charge in [0.05, 0.1) is 0 Å². The summed E-state index contributed by atoms with van der Waals surface area (Å²) in [5, 5.41) is 4.86. The van der Waals surface area contributed by atoms with E-state index < -0.39 is 32.3 Å². The van der Waals surface area contributed by atoms with E-state index in [9.17, 15) is 0 Å².